The number of nitrogens with zero attached hydrogens (tertiary/aromatic N) is 2. The number of hydrogen-bond acceptors (Lipinski definition) is 6. The Morgan fingerprint density at radius 2 is 1.72 bits per heavy atom. The SMILES string of the molecule is O=C(N[C@H](Cc1ccc(Cl)cc1)C(=O)N1CCC(c2ccccc2CN2CCCCC2=O)CC1)c1cc(=O)c2ccc(O)cc2o1. The maximum Gasteiger partial charge on any atom is 0.287 e. The van der Waals surface area contributed by atoms with Crippen molar-refractivity contribution in [3.05, 3.63) is 110 Å². The van der Waals surface area contributed by atoms with E-state index in [-0.39, 0.29) is 46.6 Å². The number of piperidine rings is 2. The van der Waals surface area contributed by atoms with Crippen molar-refractivity contribution in [3.8, 4) is 5.75 Å². The predicted molar refractivity (Wildman–Crippen MR) is 175 cm³/mol. The van der Waals surface area contributed by atoms with Crippen LogP contribution in [0.15, 0.2) is 82.0 Å². The Balaban J connectivity index is 1.18. The quantitative estimate of drug-likeness (QED) is 0.265. The summed E-state index contributed by atoms with van der Waals surface area (Å²) in [6.45, 7) is 2.41. The molecule has 9 nitrogen and oxygen atoms in total. The van der Waals surface area contributed by atoms with Gasteiger partial charge in [0, 0.05) is 56.2 Å². The number of nitrogens with one attached hydrogen (secondary N) is 1. The van der Waals surface area contributed by atoms with E-state index in [1.807, 2.05) is 29.2 Å². The highest BCUT2D eigenvalue weighted by Crippen LogP contribution is 2.32. The zero-order chi connectivity index (χ0) is 32.2. The zero-order valence-electron chi connectivity index (χ0n) is 25.4. The van der Waals surface area contributed by atoms with E-state index < -0.39 is 17.4 Å². The number of amides is 3. The number of benzene rings is 3. The van der Waals surface area contributed by atoms with Crippen LogP contribution < -0.4 is 10.7 Å². The van der Waals surface area contributed by atoms with Crippen LogP contribution in [0.2, 0.25) is 5.02 Å². The summed E-state index contributed by atoms with van der Waals surface area (Å²) >= 11 is 6.08. The number of fused-ring (bicyclic) bond motifs is 1. The average molecular weight is 642 g/mol. The van der Waals surface area contributed by atoms with Gasteiger partial charge in [0.05, 0.1) is 5.39 Å². The summed E-state index contributed by atoms with van der Waals surface area (Å²) in [6, 6.07) is 19.6. The molecule has 0 aliphatic carbocycles. The third-order valence-electron chi connectivity index (χ3n) is 8.98. The first-order valence-electron chi connectivity index (χ1n) is 15.7. The second-order valence-electron chi connectivity index (χ2n) is 12.1. The molecule has 0 bridgehead atoms. The van der Waals surface area contributed by atoms with E-state index in [0.29, 0.717) is 31.1 Å². The van der Waals surface area contributed by atoms with Gasteiger partial charge in [-0.2, -0.15) is 0 Å². The van der Waals surface area contributed by atoms with Crippen molar-refractivity contribution < 1.29 is 23.9 Å². The highest BCUT2D eigenvalue weighted by atomic mass is 35.5. The van der Waals surface area contributed by atoms with E-state index in [4.69, 9.17) is 16.0 Å². The minimum Gasteiger partial charge on any atom is -0.508 e. The number of phenolic OH excluding ortho intramolecular Hbond substituents is 1. The van der Waals surface area contributed by atoms with E-state index >= 15 is 0 Å². The molecule has 10 heteroatoms. The van der Waals surface area contributed by atoms with Crippen molar-refractivity contribution in [2.75, 3.05) is 19.6 Å². The molecule has 238 valence electrons. The molecule has 46 heavy (non-hydrogen) atoms. The fraction of sp³-hybridized carbons (Fsp3) is 0.333. The molecule has 6 rings (SSSR count). The van der Waals surface area contributed by atoms with Crippen molar-refractivity contribution in [1.82, 2.24) is 15.1 Å². The molecule has 0 saturated carbocycles. The molecule has 4 aromatic rings. The van der Waals surface area contributed by atoms with Crippen molar-refractivity contribution in [3.63, 3.8) is 0 Å². The normalized spacial score (nSPS) is 16.4. The summed E-state index contributed by atoms with van der Waals surface area (Å²) in [4.78, 5) is 56.3. The Labute approximate surface area is 271 Å². The molecule has 2 aliphatic rings. The van der Waals surface area contributed by atoms with Gasteiger partial charge in [-0.25, -0.2) is 0 Å². The van der Waals surface area contributed by atoms with Gasteiger partial charge in [-0.15, -0.1) is 0 Å². The zero-order valence-corrected chi connectivity index (χ0v) is 26.2. The number of likely N-dealkylation sites (tertiary alicyclic amines) is 2. The van der Waals surface area contributed by atoms with Crippen LogP contribution in [0.4, 0.5) is 0 Å². The van der Waals surface area contributed by atoms with Crippen LogP contribution in [-0.4, -0.2) is 58.3 Å². The fourth-order valence-electron chi connectivity index (χ4n) is 6.48. The molecule has 2 aliphatic heterocycles. The Hall–Kier alpha value is -4.63. The largest absolute Gasteiger partial charge is 0.508 e. The lowest BCUT2D eigenvalue weighted by Gasteiger charge is -2.36. The second-order valence-corrected chi connectivity index (χ2v) is 12.5. The van der Waals surface area contributed by atoms with E-state index in [1.54, 1.807) is 17.0 Å². The molecule has 0 unspecified atom stereocenters. The van der Waals surface area contributed by atoms with Gasteiger partial charge in [0.1, 0.15) is 17.4 Å². The number of phenols is 1. The maximum atomic E-state index is 14.0. The van der Waals surface area contributed by atoms with Gasteiger partial charge in [-0.3, -0.25) is 19.2 Å². The molecule has 3 heterocycles. The smallest absolute Gasteiger partial charge is 0.287 e. The van der Waals surface area contributed by atoms with Gasteiger partial charge in [0.2, 0.25) is 11.8 Å². The Morgan fingerprint density at radius 3 is 2.48 bits per heavy atom. The summed E-state index contributed by atoms with van der Waals surface area (Å²) in [6.07, 6.45) is 4.30. The Kier molecular flexibility index (Phi) is 9.40. The standard InChI is InChI=1S/C36H36ClN3O6/c37-26-10-8-23(9-11-26)19-30(38-35(44)33-21-31(42)29-13-12-27(41)20-32(29)46-33)36(45)39-17-14-24(15-18-39)28-6-2-1-5-25(28)22-40-16-4-3-7-34(40)43/h1-2,5-6,8-13,20-21,24,30,41H,3-4,7,14-19,22H2,(H,38,44)/t30-/m1/s1. The summed E-state index contributed by atoms with van der Waals surface area (Å²) in [5, 5.41) is 13.4. The second kappa shape index (κ2) is 13.8. The molecule has 2 fully saturated rings. The first-order valence-corrected chi connectivity index (χ1v) is 16.1. The topological polar surface area (TPSA) is 120 Å². The number of hydrogen-bond donors (Lipinski definition) is 2. The number of carbonyl (C=O) groups excluding carboxylic acids is 3. The van der Waals surface area contributed by atoms with Crippen LogP contribution in [0, 0.1) is 0 Å². The molecule has 3 aromatic carbocycles. The highest BCUT2D eigenvalue weighted by Gasteiger charge is 2.32. The molecule has 2 N–H and O–H groups in total. The highest BCUT2D eigenvalue weighted by molar-refractivity contribution is 6.30. The van der Waals surface area contributed by atoms with Crippen LogP contribution in [0.3, 0.4) is 0 Å². The summed E-state index contributed by atoms with van der Waals surface area (Å²) in [7, 11) is 0. The lowest BCUT2D eigenvalue weighted by molar-refractivity contribution is -0.135. The molecular formula is C36H36ClN3O6. The van der Waals surface area contributed by atoms with E-state index in [0.717, 1.165) is 49.4 Å². The Bertz CT molecular complexity index is 1810. The third kappa shape index (κ3) is 7.10. The Morgan fingerprint density at radius 1 is 0.957 bits per heavy atom. The number of rotatable bonds is 8. The monoisotopic (exact) mass is 641 g/mol. The first-order chi connectivity index (χ1) is 22.2. The number of carbonyl (C=O) groups is 3. The minimum atomic E-state index is -0.923. The van der Waals surface area contributed by atoms with Crippen LogP contribution in [0.5, 0.6) is 5.75 Å². The third-order valence-corrected chi connectivity index (χ3v) is 9.23. The van der Waals surface area contributed by atoms with E-state index in [1.165, 1.54) is 23.8 Å². The van der Waals surface area contributed by atoms with Gasteiger partial charge in [-0.05, 0) is 72.6 Å². The van der Waals surface area contributed by atoms with Crippen LogP contribution in [0.1, 0.15) is 65.3 Å². The van der Waals surface area contributed by atoms with Gasteiger partial charge in [0.25, 0.3) is 5.91 Å². The lowest BCUT2D eigenvalue weighted by atomic mass is 9.86. The summed E-state index contributed by atoms with van der Waals surface area (Å²) in [5.74, 6) is -0.834. The molecule has 0 spiro atoms. The van der Waals surface area contributed by atoms with Crippen molar-refractivity contribution in [2.24, 2.45) is 0 Å². The first kappa shape index (κ1) is 31.4. The summed E-state index contributed by atoms with van der Waals surface area (Å²) in [5.41, 5.74) is 2.82. The van der Waals surface area contributed by atoms with Gasteiger partial charge >= 0.3 is 0 Å². The molecule has 3 amide bonds. The van der Waals surface area contributed by atoms with Gasteiger partial charge in [-0.1, -0.05) is 48.0 Å². The van der Waals surface area contributed by atoms with E-state index in [9.17, 15) is 24.3 Å². The van der Waals surface area contributed by atoms with Crippen molar-refractivity contribution in [2.45, 2.75) is 57.0 Å². The molecule has 0 radical (unpaired) electrons. The van der Waals surface area contributed by atoms with Crippen molar-refractivity contribution in [1.29, 1.82) is 0 Å². The van der Waals surface area contributed by atoms with Crippen molar-refractivity contribution >= 4 is 40.3 Å². The summed E-state index contributed by atoms with van der Waals surface area (Å²) < 4.78 is 5.67. The minimum absolute atomic E-state index is 0.0743. The van der Waals surface area contributed by atoms with Crippen LogP contribution in [-0.2, 0) is 22.6 Å². The lowest BCUT2D eigenvalue weighted by Crippen LogP contribution is -2.51. The molecule has 1 aromatic heterocycles. The molecule has 2 saturated heterocycles. The number of halogens is 1. The maximum absolute atomic E-state index is 14.0. The molecule has 1 atom stereocenters. The van der Waals surface area contributed by atoms with Crippen LogP contribution >= 0.6 is 11.6 Å². The van der Waals surface area contributed by atoms with Crippen LogP contribution in [0.25, 0.3) is 11.0 Å². The average Bonchev–Trinajstić information content (AvgIpc) is 3.06. The predicted octanol–water partition coefficient (Wildman–Crippen LogP) is 5.41. The molecular weight excluding hydrogens is 606 g/mol. The fourth-order valence-corrected chi connectivity index (χ4v) is 6.61. The number of aromatic hydroxyl groups is 1. The van der Waals surface area contributed by atoms with Gasteiger partial charge < -0.3 is 24.6 Å². The van der Waals surface area contributed by atoms with E-state index in [2.05, 4.69) is 17.4 Å². The van der Waals surface area contributed by atoms with Gasteiger partial charge in [0.15, 0.2) is 11.2 Å².